The van der Waals surface area contributed by atoms with Crippen LogP contribution in [0, 0.1) is 0 Å². The summed E-state index contributed by atoms with van der Waals surface area (Å²) in [6, 6.07) is 0.530. The van der Waals surface area contributed by atoms with Gasteiger partial charge in [0.05, 0.1) is 0 Å². The molecule has 1 aliphatic rings. The maximum atomic E-state index is 11.8. The van der Waals surface area contributed by atoms with E-state index < -0.39 is 0 Å². The van der Waals surface area contributed by atoms with Crippen molar-refractivity contribution in [3.8, 4) is 0 Å². The maximum absolute atomic E-state index is 11.8. The molecule has 1 N–H and O–H groups in total. The van der Waals surface area contributed by atoms with Crippen LogP contribution in [0.25, 0.3) is 0 Å². The number of ether oxygens (including phenoxy) is 1. The fourth-order valence-corrected chi connectivity index (χ4v) is 2.23. The second-order valence-electron chi connectivity index (χ2n) is 4.51. The van der Waals surface area contributed by atoms with Gasteiger partial charge in [0, 0.05) is 45.3 Å². The monoisotopic (exact) mass is 242 g/mol. The van der Waals surface area contributed by atoms with Crippen molar-refractivity contribution in [1.82, 2.24) is 10.2 Å². The van der Waals surface area contributed by atoms with Gasteiger partial charge in [0.15, 0.2) is 0 Å². The molecule has 1 unspecified atom stereocenters. The highest BCUT2D eigenvalue weighted by Gasteiger charge is 2.13. The van der Waals surface area contributed by atoms with E-state index in [-0.39, 0.29) is 5.91 Å². The van der Waals surface area contributed by atoms with E-state index in [9.17, 15) is 4.79 Å². The van der Waals surface area contributed by atoms with E-state index in [0.29, 0.717) is 12.5 Å². The second-order valence-corrected chi connectivity index (χ2v) is 4.51. The Bertz CT molecular complexity index is 209. The zero-order valence-corrected chi connectivity index (χ0v) is 11.2. The van der Waals surface area contributed by atoms with E-state index in [1.54, 1.807) is 0 Å². The van der Waals surface area contributed by atoms with Gasteiger partial charge in [-0.3, -0.25) is 4.79 Å². The molecule has 1 aliphatic heterocycles. The summed E-state index contributed by atoms with van der Waals surface area (Å²) in [6.45, 7) is 8.20. The first-order valence-electron chi connectivity index (χ1n) is 6.86. The van der Waals surface area contributed by atoms with Crippen molar-refractivity contribution < 1.29 is 9.53 Å². The van der Waals surface area contributed by atoms with Crippen molar-refractivity contribution in [1.29, 1.82) is 0 Å². The summed E-state index contributed by atoms with van der Waals surface area (Å²) in [6.07, 6.45) is 3.97. The second kappa shape index (κ2) is 8.48. The molecule has 0 spiro atoms. The van der Waals surface area contributed by atoms with Crippen molar-refractivity contribution in [2.24, 2.45) is 0 Å². The third-order valence-corrected chi connectivity index (χ3v) is 3.34. The fraction of sp³-hybridized carbons (Fsp3) is 0.923. The standard InChI is InChI=1S/C13H26N2O2/c1-3-15(4-2)13(16)7-9-14-12-6-5-10-17-11-8-12/h12,14H,3-11H2,1-2H3. The molecule has 1 rings (SSSR count). The number of amides is 1. The maximum Gasteiger partial charge on any atom is 0.223 e. The number of nitrogens with one attached hydrogen (secondary N) is 1. The Hall–Kier alpha value is -0.610. The molecule has 0 bridgehead atoms. The summed E-state index contributed by atoms with van der Waals surface area (Å²) in [5.74, 6) is 0.257. The number of carbonyl (C=O) groups excluding carboxylic acids is 1. The molecular weight excluding hydrogens is 216 g/mol. The molecule has 0 aliphatic carbocycles. The Morgan fingerprint density at radius 2 is 2.06 bits per heavy atom. The number of nitrogens with zero attached hydrogens (tertiary/aromatic N) is 1. The Labute approximate surface area is 105 Å². The predicted molar refractivity (Wildman–Crippen MR) is 69.0 cm³/mol. The fourth-order valence-electron chi connectivity index (χ4n) is 2.23. The molecule has 0 aromatic carbocycles. The van der Waals surface area contributed by atoms with Gasteiger partial charge in [-0.05, 0) is 33.1 Å². The molecule has 0 saturated carbocycles. The van der Waals surface area contributed by atoms with Gasteiger partial charge in [0.25, 0.3) is 0 Å². The highest BCUT2D eigenvalue weighted by Crippen LogP contribution is 2.07. The predicted octanol–water partition coefficient (Wildman–Crippen LogP) is 1.40. The van der Waals surface area contributed by atoms with Crippen molar-refractivity contribution in [2.45, 2.75) is 45.6 Å². The highest BCUT2D eigenvalue weighted by atomic mass is 16.5. The molecule has 1 heterocycles. The number of hydrogen-bond donors (Lipinski definition) is 1. The molecule has 1 amide bonds. The number of rotatable bonds is 6. The van der Waals surface area contributed by atoms with Gasteiger partial charge < -0.3 is 15.0 Å². The van der Waals surface area contributed by atoms with Crippen molar-refractivity contribution in [3.05, 3.63) is 0 Å². The first-order chi connectivity index (χ1) is 8.27. The van der Waals surface area contributed by atoms with Gasteiger partial charge in [0.2, 0.25) is 5.91 Å². The largest absolute Gasteiger partial charge is 0.381 e. The van der Waals surface area contributed by atoms with Crippen LogP contribution in [0.2, 0.25) is 0 Å². The van der Waals surface area contributed by atoms with Gasteiger partial charge in [-0.1, -0.05) is 0 Å². The van der Waals surface area contributed by atoms with Gasteiger partial charge in [0.1, 0.15) is 0 Å². The van der Waals surface area contributed by atoms with Crippen LogP contribution in [0.3, 0.4) is 0 Å². The third kappa shape index (κ3) is 5.50. The summed E-state index contributed by atoms with van der Waals surface area (Å²) in [5, 5.41) is 3.47. The van der Waals surface area contributed by atoms with E-state index in [1.165, 1.54) is 6.42 Å². The summed E-state index contributed by atoms with van der Waals surface area (Å²) in [7, 11) is 0. The van der Waals surface area contributed by atoms with E-state index in [4.69, 9.17) is 4.74 Å². The SMILES string of the molecule is CCN(CC)C(=O)CCNC1CCCOCC1. The smallest absolute Gasteiger partial charge is 0.223 e. The Balaban J connectivity index is 2.15. The van der Waals surface area contributed by atoms with E-state index in [2.05, 4.69) is 5.32 Å². The molecule has 4 nitrogen and oxygen atoms in total. The molecule has 1 saturated heterocycles. The van der Waals surface area contributed by atoms with Crippen LogP contribution in [0.4, 0.5) is 0 Å². The van der Waals surface area contributed by atoms with Crippen LogP contribution in [0.15, 0.2) is 0 Å². The zero-order chi connectivity index (χ0) is 12.5. The summed E-state index contributed by atoms with van der Waals surface area (Å²) < 4.78 is 5.41. The van der Waals surface area contributed by atoms with Gasteiger partial charge in [-0.2, -0.15) is 0 Å². The molecule has 0 aromatic rings. The average Bonchev–Trinajstić information content (AvgIpc) is 2.59. The normalized spacial score (nSPS) is 20.9. The highest BCUT2D eigenvalue weighted by molar-refractivity contribution is 5.76. The molecule has 0 aromatic heterocycles. The average molecular weight is 242 g/mol. The minimum atomic E-state index is 0.257. The van der Waals surface area contributed by atoms with Crippen LogP contribution in [-0.2, 0) is 9.53 Å². The molecule has 100 valence electrons. The first kappa shape index (κ1) is 14.5. The van der Waals surface area contributed by atoms with Crippen LogP contribution in [0.1, 0.15) is 39.5 Å². The lowest BCUT2D eigenvalue weighted by Crippen LogP contribution is -2.36. The van der Waals surface area contributed by atoms with Crippen LogP contribution in [-0.4, -0.2) is 49.7 Å². The third-order valence-electron chi connectivity index (χ3n) is 3.34. The summed E-state index contributed by atoms with van der Waals surface area (Å²) >= 11 is 0. The van der Waals surface area contributed by atoms with Crippen molar-refractivity contribution >= 4 is 5.91 Å². The van der Waals surface area contributed by atoms with Gasteiger partial charge >= 0.3 is 0 Å². The van der Waals surface area contributed by atoms with Gasteiger partial charge in [-0.25, -0.2) is 0 Å². The lowest BCUT2D eigenvalue weighted by atomic mass is 10.1. The zero-order valence-electron chi connectivity index (χ0n) is 11.2. The molecule has 1 atom stereocenters. The summed E-state index contributed by atoms with van der Waals surface area (Å²) in [5.41, 5.74) is 0. The molecule has 1 fully saturated rings. The molecule has 17 heavy (non-hydrogen) atoms. The van der Waals surface area contributed by atoms with Crippen LogP contribution in [0.5, 0.6) is 0 Å². The Kier molecular flexibility index (Phi) is 7.21. The lowest BCUT2D eigenvalue weighted by molar-refractivity contribution is -0.130. The van der Waals surface area contributed by atoms with E-state index in [1.807, 2.05) is 18.7 Å². The minimum Gasteiger partial charge on any atom is -0.381 e. The quantitative estimate of drug-likeness (QED) is 0.765. The molecule has 0 radical (unpaired) electrons. The van der Waals surface area contributed by atoms with Crippen molar-refractivity contribution in [3.63, 3.8) is 0 Å². The van der Waals surface area contributed by atoms with Crippen molar-refractivity contribution in [2.75, 3.05) is 32.8 Å². The lowest BCUT2D eigenvalue weighted by Gasteiger charge is -2.20. The molecule has 4 heteroatoms. The number of carbonyl (C=O) groups is 1. The number of hydrogen-bond acceptors (Lipinski definition) is 3. The minimum absolute atomic E-state index is 0.257. The van der Waals surface area contributed by atoms with Crippen LogP contribution >= 0.6 is 0 Å². The van der Waals surface area contributed by atoms with Gasteiger partial charge in [-0.15, -0.1) is 0 Å². The topological polar surface area (TPSA) is 41.6 Å². The van der Waals surface area contributed by atoms with E-state index in [0.717, 1.165) is 45.7 Å². The Morgan fingerprint density at radius 3 is 2.76 bits per heavy atom. The molecular formula is C13H26N2O2. The Morgan fingerprint density at radius 1 is 1.29 bits per heavy atom. The summed E-state index contributed by atoms with van der Waals surface area (Å²) in [4.78, 5) is 13.7. The van der Waals surface area contributed by atoms with Crippen LogP contribution < -0.4 is 5.32 Å². The first-order valence-corrected chi connectivity index (χ1v) is 6.86. The van der Waals surface area contributed by atoms with E-state index >= 15 is 0 Å².